The standard InChI is InChI=1S/C11H16N2O3S/c1-2-6-7-5-8(17-4-3-12)9(11(15)16)13(7)10(6)14/h6-7H,2-5,12H2,1H3,(H,15,16)/t6-,7?/m1/s1. The van der Waals surface area contributed by atoms with Gasteiger partial charge in [0, 0.05) is 23.6 Å². The molecule has 0 aromatic rings. The summed E-state index contributed by atoms with van der Waals surface area (Å²) in [6.45, 7) is 2.47. The first-order valence-corrected chi connectivity index (χ1v) is 6.72. The maximum absolute atomic E-state index is 11.8. The van der Waals surface area contributed by atoms with Crippen LogP contribution in [0.15, 0.2) is 10.6 Å². The summed E-state index contributed by atoms with van der Waals surface area (Å²) in [6, 6.07) is 0.0684. The van der Waals surface area contributed by atoms with Gasteiger partial charge in [-0.2, -0.15) is 0 Å². The quantitative estimate of drug-likeness (QED) is 0.704. The number of nitrogens with zero attached hydrogens (tertiary/aromatic N) is 1. The fraction of sp³-hybridized carbons (Fsp3) is 0.636. The van der Waals surface area contributed by atoms with E-state index in [0.29, 0.717) is 18.7 Å². The number of carboxylic acid groups (broad SMARTS) is 1. The van der Waals surface area contributed by atoms with E-state index in [1.807, 2.05) is 6.92 Å². The van der Waals surface area contributed by atoms with Gasteiger partial charge < -0.3 is 15.7 Å². The zero-order chi connectivity index (χ0) is 12.6. The third-order valence-corrected chi connectivity index (χ3v) is 4.44. The lowest BCUT2D eigenvalue weighted by molar-refractivity contribution is -0.155. The normalized spacial score (nSPS) is 27.2. The van der Waals surface area contributed by atoms with Gasteiger partial charge in [0.15, 0.2) is 0 Å². The average Bonchev–Trinajstić information content (AvgIpc) is 2.62. The summed E-state index contributed by atoms with van der Waals surface area (Å²) < 4.78 is 0. The Morgan fingerprint density at radius 3 is 2.88 bits per heavy atom. The molecule has 2 atom stereocenters. The summed E-state index contributed by atoms with van der Waals surface area (Å²) in [6.07, 6.45) is 1.46. The number of hydrogen-bond acceptors (Lipinski definition) is 4. The summed E-state index contributed by atoms with van der Waals surface area (Å²) >= 11 is 1.46. The van der Waals surface area contributed by atoms with Crippen molar-refractivity contribution in [3.63, 3.8) is 0 Å². The SMILES string of the molecule is CC[C@H]1C(=O)N2C(C(=O)O)=C(SCCN)CC12. The minimum absolute atomic E-state index is 0.000302. The minimum atomic E-state index is -1.00. The first-order chi connectivity index (χ1) is 8.11. The molecule has 0 aliphatic carbocycles. The second kappa shape index (κ2) is 4.70. The molecule has 1 amide bonds. The van der Waals surface area contributed by atoms with E-state index < -0.39 is 5.97 Å². The number of hydrogen-bond donors (Lipinski definition) is 2. The summed E-state index contributed by atoms with van der Waals surface area (Å²) in [5.74, 6) is -0.356. The Kier molecular flexibility index (Phi) is 3.44. The molecule has 0 saturated carbocycles. The average molecular weight is 256 g/mol. The van der Waals surface area contributed by atoms with E-state index in [9.17, 15) is 14.7 Å². The highest BCUT2D eigenvalue weighted by atomic mass is 32.2. The van der Waals surface area contributed by atoms with E-state index in [4.69, 9.17) is 5.73 Å². The van der Waals surface area contributed by atoms with Crippen LogP contribution in [0, 0.1) is 5.92 Å². The van der Waals surface area contributed by atoms with Crippen LogP contribution in [0.2, 0.25) is 0 Å². The van der Waals surface area contributed by atoms with Gasteiger partial charge in [0.05, 0.1) is 12.0 Å². The zero-order valence-electron chi connectivity index (χ0n) is 9.68. The van der Waals surface area contributed by atoms with Crippen molar-refractivity contribution in [2.24, 2.45) is 11.7 Å². The molecule has 0 aromatic heterocycles. The fourth-order valence-electron chi connectivity index (χ4n) is 2.51. The maximum Gasteiger partial charge on any atom is 0.353 e. The smallest absolute Gasteiger partial charge is 0.353 e. The van der Waals surface area contributed by atoms with E-state index in [0.717, 1.165) is 11.3 Å². The second-order valence-electron chi connectivity index (χ2n) is 4.21. The van der Waals surface area contributed by atoms with Crippen molar-refractivity contribution < 1.29 is 14.7 Å². The molecule has 5 nitrogen and oxygen atoms in total. The summed E-state index contributed by atoms with van der Waals surface area (Å²) in [7, 11) is 0. The third kappa shape index (κ3) is 1.85. The predicted molar refractivity (Wildman–Crippen MR) is 65.2 cm³/mol. The Morgan fingerprint density at radius 2 is 2.35 bits per heavy atom. The fourth-order valence-corrected chi connectivity index (χ4v) is 3.49. The summed E-state index contributed by atoms with van der Waals surface area (Å²) in [5, 5.41) is 9.19. The monoisotopic (exact) mass is 256 g/mol. The van der Waals surface area contributed by atoms with Crippen molar-refractivity contribution in [1.29, 1.82) is 0 Å². The molecule has 1 unspecified atom stereocenters. The molecule has 2 aliphatic heterocycles. The lowest BCUT2D eigenvalue weighted by Gasteiger charge is -2.42. The summed E-state index contributed by atoms with van der Waals surface area (Å²) in [5.41, 5.74) is 5.61. The van der Waals surface area contributed by atoms with Gasteiger partial charge in [-0.25, -0.2) is 4.79 Å². The molecule has 0 radical (unpaired) electrons. The Morgan fingerprint density at radius 1 is 1.65 bits per heavy atom. The molecule has 1 fully saturated rings. The van der Waals surface area contributed by atoms with E-state index >= 15 is 0 Å². The molecular formula is C11H16N2O3S. The van der Waals surface area contributed by atoms with E-state index in [2.05, 4.69) is 0 Å². The van der Waals surface area contributed by atoms with Crippen LogP contribution in [0.4, 0.5) is 0 Å². The molecule has 2 rings (SSSR count). The molecule has 17 heavy (non-hydrogen) atoms. The van der Waals surface area contributed by atoms with Gasteiger partial charge in [0.2, 0.25) is 5.91 Å². The van der Waals surface area contributed by atoms with Gasteiger partial charge in [-0.3, -0.25) is 4.79 Å². The maximum atomic E-state index is 11.8. The van der Waals surface area contributed by atoms with Crippen molar-refractivity contribution in [2.75, 3.05) is 12.3 Å². The van der Waals surface area contributed by atoms with Gasteiger partial charge in [-0.15, -0.1) is 11.8 Å². The Labute approximate surface area is 104 Å². The summed E-state index contributed by atoms with van der Waals surface area (Å²) in [4.78, 5) is 25.3. The lowest BCUT2D eigenvalue weighted by atomic mass is 9.85. The van der Waals surface area contributed by atoms with Crippen LogP contribution in [0.1, 0.15) is 19.8 Å². The van der Waals surface area contributed by atoms with Crippen LogP contribution in [-0.4, -0.2) is 40.2 Å². The first kappa shape index (κ1) is 12.4. The van der Waals surface area contributed by atoms with Gasteiger partial charge >= 0.3 is 5.97 Å². The highest BCUT2D eigenvalue weighted by Crippen LogP contribution is 2.46. The number of carboxylic acids is 1. The number of thioether (sulfide) groups is 1. The van der Waals surface area contributed by atoms with Crippen molar-refractivity contribution in [3.05, 3.63) is 10.6 Å². The molecule has 0 spiro atoms. The lowest BCUT2D eigenvalue weighted by Crippen LogP contribution is -2.58. The number of fused-ring (bicyclic) bond motifs is 1. The molecule has 3 N–H and O–H groups in total. The van der Waals surface area contributed by atoms with Gasteiger partial charge in [-0.05, 0) is 6.42 Å². The topological polar surface area (TPSA) is 83.6 Å². The molecule has 0 bridgehead atoms. The van der Waals surface area contributed by atoms with Gasteiger partial charge in [0.25, 0.3) is 0 Å². The number of carbonyl (C=O) groups is 2. The third-order valence-electron chi connectivity index (χ3n) is 3.29. The Balaban J connectivity index is 2.20. The van der Waals surface area contributed by atoms with Crippen molar-refractivity contribution in [2.45, 2.75) is 25.8 Å². The van der Waals surface area contributed by atoms with Crippen molar-refractivity contribution >= 4 is 23.6 Å². The Bertz CT molecular complexity index is 394. The highest BCUT2D eigenvalue weighted by molar-refractivity contribution is 8.03. The van der Waals surface area contributed by atoms with E-state index in [1.54, 1.807) is 0 Å². The molecule has 1 saturated heterocycles. The van der Waals surface area contributed by atoms with Crippen LogP contribution in [0.5, 0.6) is 0 Å². The molecule has 0 aromatic carbocycles. The number of amides is 1. The Hall–Kier alpha value is -1.01. The highest BCUT2D eigenvalue weighted by Gasteiger charge is 2.54. The molecule has 2 heterocycles. The van der Waals surface area contributed by atoms with Crippen LogP contribution in [0.3, 0.4) is 0 Å². The molecule has 6 heteroatoms. The molecule has 2 aliphatic rings. The predicted octanol–water partition coefficient (Wildman–Crippen LogP) is 0.615. The molecule has 94 valence electrons. The number of β-lactam (4-membered cyclic amide) rings is 1. The van der Waals surface area contributed by atoms with E-state index in [-0.39, 0.29) is 23.6 Å². The zero-order valence-corrected chi connectivity index (χ0v) is 10.5. The minimum Gasteiger partial charge on any atom is -0.477 e. The largest absolute Gasteiger partial charge is 0.477 e. The second-order valence-corrected chi connectivity index (χ2v) is 5.40. The van der Waals surface area contributed by atoms with Crippen LogP contribution < -0.4 is 5.73 Å². The number of aliphatic carboxylic acids is 1. The van der Waals surface area contributed by atoms with Crippen molar-refractivity contribution in [3.8, 4) is 0 Å². The van der Waals surface area contributed by atoms with Crippen molar-refractivity contribution in [1.82, 2.24) is 4.90 Å². The van der Waals surface area contributed by atoms with Gasteiger partial charge in [0.1, 0.15) is 5.70 Å². The number of carbonyl (C=O) groups excluding carboxylic acids is 1. The van der Waals surface area contributed by atoms with Gasteiger partial charge in [-0.1, -0.05) is 6.92 Å². The first-order valence-electron chi connectivity index (χ1n) is 5.74. The van der Waals surface area contributed by atoms with Crippen LogP contribution in [-0.2, 0) is 9.59 Å². The number of nitrogens with two attached hydrogens (primary N) is 1. The van der Waals surface area contributed by atoms with Crippen LogP contribution in [0.25, 0.3) is 0 Å². The molecular weight excluding hydrogens is 240 g/mol. The van der Waals surface area contributed by atoms with E-state index in [1.165, 1.54) is 16.7 Å². The van der Waals surface area contributed by atoms with Crippen LogP contribution >= 0.6 is 11.8 Å². The number of rotatable bonds is 5.